The molecule has 0 radical (unpaired) electrons. The van der Waals surface area contributed by atoms with Crippen LogP contribution in [0.2, 0.25) is 0 Å². The Labute approximate surface area is 83.1 Å². The van der Waals surface area contributed by atoms with Crippen molar-refractivity contribution in [2.45, 2.75) is 6.42 Å². The Balaban J connectivity index is 2.46. The SMILES string of the molecule is COCCCOc1cccnc1C#N. The van der Waals surface area contributed by atoms with E-state index in [0.717, 1.165) is 6.42 Å². The van der Waals surface area contributed by atoms with Crippen LogP contribution < -0.4 is 4.74 Å². The summed E-state index contributed by atoms with van der Waals surface area (Å²) in [6.45, 7) is 1.19. The van der Waals surface area contributed by atoms with Gasteiger partial charge in [0.15, 0.2) is 11.4 Å². The van der Waals surface area contributed by atoms with Gasteiger partial charge in [-0.25, -0.2) is 4.98 Å². The van der Waals surface area contributed by atoms with Crippen LogP contribution in [-0.2, 0) is 4.74 Å². The van der Waals surface area contributed by atoms with E-state index in [1.54, 1.807) is 25.4 Å². The van der Waals surface area contributed by atoms with Crippen molar-refractivity contribution in [1.29, 1.82) is 5.26 Å². The van der Waals surface area contributed by atoms with Gasteiger partial charge in [-0.1, -0.05) is 0 Å². The standard InChI is InChI=1S/C10H12N2O2/c1-13-6-3-7-14-10-4-2-5-12-9(10)8-11/h2,4-5H,3,6-7H2,1H3. The highest BCUT2D eigenvalue weighted by Crippen LogP contribution is 2.13. The summed E-state index contributed by atoms with van der Waals surface area (Å²) in [5.41, 5.74) is 0.324. The number of ether oxygens (including phenoxy) is 2. The summed E-state index contributed by atoms with van der Waals surface area (Å²) < 4.78 is 10.2. The molecule has 4 nitrogen and oxygen atoms in total. The van der Waals surface area contributed by atoms with Crippen LogP contribution in [0.4, 0.5) is 0 Å². The predicted octanol–water partition coefficient (Wildman–Crippen LogP) is 1.37. The van der Waals surface area contributed by atoms with Crippen molar-refractivity contribution >= 4 is 0 Å². The zero-order chi connectivity index (χ0) is 10.2. The summed E-state index contributed by atoms with van der Waals surface area (Å²) >= 11 is 0. The van der Waals surface area contributed by atoms with Crippen LogP contribution in [0.1, 0.15) is 12.1 Å². The van der Waals surface area contributed by atoms with Crippen LogP contribution in [0.15, 0.2) is 18.3 Å². The minimum Gasteiger partial charge on any atom is -0.490 e. The Morgan fingerprint density at radius 1 is 1.50 bits per heavy atom. The highest BCUT2D eigenvalue weighted by molar-refractivity contribution is 5.36. The van der Waals surface area contributed by atoms with Crippen LogP contribution in [0.3, 0.4) is 0 Å². The molecule has 1 aromatic heterocycles. The minimum atomic E-state index is 0.324. The predicted molar refractivity (Wildman–Crippen MR) is 50.9 cm³/mol. The molecule has 0 bridgehead atoms. The van der Waals surface area contributed by atoms with Gasteiger partial charge in [-0.3, -0.25) is 0 Å². The lowest BCUT2D eigenvalue weighted by Gasteiger charge is -2.05. The van der Waals surface area contributed by atoms with Gasteiger partial charge in [-0.15, -0.1) is 0 Å². The Bertz CT molecular complexity index is 320. The zero-order valence-electron chi connectivity index (χ0n) is 8.06. The monoisotopic (exact) mass is 192 g/mol. The molecule has 0 aliphatic rings. The van der Waals surface area contributed by atoms with Crippen LogP contribution in [-0.4, -0.2) is 25.3 Å². The highest BCUT2D eigenvalue weighted by Gasteiger charge is 2.01. The number of hydrogen-bond acceptors (Lipinski definition) is 4. The van der Waals surface area contributed by atoms with E-state index in [4.69, 9.17) is 14.7 Å². The van der Waals surface area contributed by atoms with E-state index in [1.807, 2.05) is 6.07 Å². The number of methoxy groups -OCH3 is 1. The smallest absolute Gasteiger partial charge is 0.182 e. The number of nitriles is 1. The molecule has 14 heavy (non-hydrogen) atoms. The van der Waals surface area contributed by atoms with Crippen LogP contribution in [0.5, 0.6) is 5.75 Å². The Kier molecular flexibility index (Phi) is 4.45. The first-order chi connectivity index (χ1) is 6.88. The van der Waals surface area contributed by atoms with Crippen molar-refractivity contribution in [3.05, 3.63) is 24.0 Å². The fourth-order valence-electron chi connectivity index (χ4n) is 0.976. The molecule has 1 rings (SSSR count). The molecule has 1 aromatic rings. The first kappa shape index (κ1) is 10.5. The summed E-state index contributed by atoms with van der Waals surface area (Å²) in [4.78, 5) is 3.88. The maximum absolute atomic E-state index is 8.70. The largest absolute Gasteiger partial charge is 0.490 e. The molecular weight excluding hydrogens is 180 g/mol. The molecule has 0 aliphatic carbocycles. The lowest BCUT2D eigenvalue weighted by Crippen LogP contribution is -2.03. The van der Waals surface area contributed by atoms with Gasteiger partial charge >= 0.3 is 0 Å². The Hall–Kier alpha value is -1.60. The lowest BCUT2D eigenvalue weighted by molar-refractivity contribution is 0.172. The number of rotatable bonds is 5. The fraction of sp³-hybridized carbons (Fsp3) is 0.400. The van der Waals surface area contributed by atoms with Crippen molar-refractivity contribution in [2.75, 3.05) is 20.3 Å². The molecule has 0 atom stereocenters. The molecule has 4 heteroatoms. The van der Waals surface area contributed by atoms with Gasteiger partial charge in [0.1, 0.15) is 6.07 Å². The van der Waals surface area contributed by atoms with Gasteiger partial charge in [0.2, 0.25) is 0 Å². The van der Waals surface area contributed by atoms with E-state index in [2.05, 4.69) is 4.98 Å². The van der Waals surface area contributed by atoms with Crippen molar-refractivity contribution in [3.8, 4) is 11.8 Å². The van der Waals surface area contributed by atoms with Crippen LogP contribution >= 0.6 is 0 Å². The third kappa shape index (κ3) is 3.04. The molecular formula is C10H12N2O2. The molecule has 0 saturated heterocycles. The average molecular weight is 192 g/mol. The van der Waals surface area contributed by atoms with Crippen molar-refractivity contribution in [3.63, 3.8) is 0 Å². The highest BCUT2D eigenvalue weighted by atomic mass is 16.5. The Morgan fingerprint density at radius 2 is 2.36 bits per heavy atom. The number of aromatic nitrogens is 1. The second kappa shape index (κ2) is 5.95. The van der Waals surface area contributed by atoms with Crippen LogP contribution in [0, 0.1) is 11.3 Å². The second-order valence-corrected chi connectivity index (χ2v) is 2.66. The van der Waals surface area contributed by atoms with E-state index in [0.29, 0.717) is 24.7 Å². The average Bonchev–Trinajstić information content (AvgIpc) is 2.25. The topological polar surface area (TPSA) is 55.1 Å². The molecule has 0 saturated carbocycles. The van der Waals surface area contributed by atoms with E-state index in [1.165, 1.54) is 0 Å². The van der Waals surface area contributed by atoms with E-state index >= 15 is 0 Å². The zero-order valence-corrected chi connectivity index (χ0v) is 8.06. The number of nitrogens with zero attached hydrogens (tertiary/aromatic N) is 2. The molecule has 0 fully saturated rings. The quantitative estimate of drug-likeness (QED) is 0.661. The summed E-state index contributed by atoms with van der Waals surface area (Å²) in [7, 11) is 1.64. The van der Waals surface area contributed by atoms with Gasteiger partial charge < -0.3 is 9.47 Å². The van der Waals surface area contributed by atoms with Crippen molar-refractivity contribution in [2.24, 2.45) is 0 Å². The molecule has 1 heterocycles. The van der Waals surface area contributed by atoms with E-state index in [-0.39, 0.29) is 0 Å². The summed E-state index contributed by atoms with van der Waals surface area (Å²) in [6, 6.07) is 5.45. The van der Waals surface area contributed by atoms with Gasteiger partial charge in [0, 0.05) is 26.3 Å². The lowest BCUT2D eigenvalue weighted by atomic mass is 10.3. The first-order valence-electron chi connectivity index (χ1n) is 4.35. The van der Waals surface area contributed by atoms with E-state index in [9.17, 15) is 0 Å². The molecule has 0 unspecified atom stereocenters. The Morgan fingerprint density at radius 3 is 3.07 bits per heavy atom. The van der Waals surface area contributed by atoms with Crippen molar-refractivity contribution < 1.29 is 9.47 Å². The van der Waals surface area contributed by atoms with E-state index < -0.39 is 0 Å². The maximum Gasteiger partial charge on any atom is 0.182 e. The molecule has 0 aromatic carbocycles. The fourth-order valence-corrected chi connectivity index (χ4v) is 0.976. The normalized spacial score (nSPS) is 9.43. The van der Waals surface area contributed by atoms with Crippen molar-refractivity contribution in [1.82, 2.24) is 4.98 Å². The van der Waals surface area contributed by atoms with Crippen LogP contribution in [0.25, 0.3) is 0 Å². The second-order valence-electron chi connectivity index (χ2n) is 2.66. The maximum atomic E-state index is 8.70. The molecule has 0 amide bonds. The molecule has 74 valence electrons. The molecule has 0 N–H and O–H groups in total. The van der Waals surface area contributed by atoms with Gasteiger partial charge in [0.25, 0.3) is 0 Å². The van der Waals surface area contributed by atoms with Gasteiger partial charge in [0.05, 0.1) is 6.61 Å². The molecule has 0 spiro atoms. The number of pyridine rings is 1. The minimum absolute atomic E-state index is 0.324. The van der Waals surface area contributed by atoms with Gasteiger partial charge in [-0.05, 0) is 12.1 Å². The van der Waals surface area contributed by atoms with Gasteiger partial charge in [-0.2, -0.15) is 5.26 Å². The summed E-state index contributed by atoms with van der Waals surface area (Å²) in [5.74, 6) is 0.533. The first-order valence-corrected chi connectivity index (χ1v) is 4.35. The molecule has 0 aliphatic heterocycles. The summed E-state index contributed by atoms with van der Waals surface area (Å²) in [6.07, 6.45) is 2.37. The number of hydrogen-bond donors (Lipinski definition) is 0. The summed E-state index contributed by atoms with van der Waals surface area (Å²) in [5, 5.41) is 8.70. The third-order valence-electron chi connectivity index (χ3n) is 1.63. The third-order valence-corrected chi connectivity index (χ3v) is 1.63.